The van der Waals surface area contributed by atoms with Gasteiger partial charge in [-0.3, -0.25) is 0 Å². The number of ether oxygens (including phenoxy) is 1. The number of esters is 1. The standard InChI is InChI=1S/C16H16O2S/c17-16(18-15-7-9-19-10-8-15)14-6-5-12-3-1-2-4-13(12)11-14/h1-6,11,15H,7-10H2. The highest BCUT2D eigenvalue weighted by Crippen LogP contribution is 2.22. The maximum absolute atomic E-state index is 12.1. The summed E-state index contributed by atoms with van der Waals surface area (Å²) >= 11 is 1.93. The van der Waals surface area contributed by atoms with E-state index in [1.807, 2.05) is 54.2 Å². The van der Waals surface area contributed by atoms with Crippen LogP contribution in [0.1, 0.15) is 23.2 Å². The molecule has 0 amide bonds. The van der Waals surface area contributed by atoms with Gasteiger partial charge < -0.3 is 4.74 Å². The number of carbonyl (C=O) groups excluding carboxylic acids is 1. The minimum atomic E-state index is -0.192. The lowest BCUT2D eigenvalue weighted by Gasteiger charge is -2.21. The number of benzene rings is 2. The largest absolute Gasteiger partial charge is 0.459 e. The van der Waals surface area contributed by atoms with Crippen LogP contribution in [0.2, 0.25) is 0 Å². The first kappa shape index (κ1) is 12.5. The van der Waals surface area contributed by atoms with Crippen molar-refractivity contribution in [3.8, 4) is 0 Å². The van der Waals surface area contributed by atoms with E-state index in [9.17, 15) is 4.79 Å². The molecule has 0 radical (unpaired) electrons. The molecule has 1 fully saturated rings. The Morgan fingerprint density at radius 1 is 1.05 bits per heavy atom. The Kier molecular flexibility index (Phi) is 3.74. The number of hydrogen-bond acceptors (Lipinski definition) is 3. The van der Waals surface area contributed by atoms with Crippen LogP contribution in [0.15, 0.2) is 42.5 Å². The minimum absolute atomic E-state index is 0.0974. The van der Waals surface area contributed by atoms with Gasteiger partial charge >= 0.3 is 5.97 Å². The van der Waals surface area contributed by atoms with Crippen LogP contribution in [0, 0.1) is 0 Å². The molecule has 2 aromatic carbocycles. The minimum Gasteiger partial charge on any atom is -0.459 e. The lowest BCUT2D eigenvalue weighted by molar-refractivity contribution is 0.0284. The number of carbonyl (C=O) groups is 1. The third-order valence-corrected chi connectivity index (χ3v) is 4.48. The molecule has 19 heavy (non-hydrogen) atoms. The summed E-state index contributed by atoms with van der Waals surface area (Å²) in [6, 6.07) is 13.8. The molecule has 0 bridgehead atoms. The van der Waals surface area contributed by atoms with Crippen LogP contribution in [0.5, 0.6) is 0 Å². The van der Waals surface area contributed by atoms with Crippen molar-refractivity contribution >= 4 is 28.5 Å². The molecule has 1 aliphatic rings. The maximum atomic E-state index is 12.1. The lowest BCUT2D eigenvalue weighted by Crippen LogP contribution is -2.22. The summed E-state index contributed by atoms with van der Waals surface area (Å²) in [5, 5.41) is 2.23. The van der Waals surface area contributed by atoms with Gasteiger partial charge in [-0.15, -0.1) is 0 Å². The second-order valence-electron chi connectivity index (χ2n) is 4.78. The summed E-state index contributed by atoms with van der Waals surface area (Å²) in [4.78, 5) is 12.1. The smallest absolute Gasteiger partial charge is 0.338 e. The average molecular weight is 272 g/mol. The molecule has 0 atom stereocenters. The van der Waals surface area contributed by atoms with Gasteiger partial charge in [0.1, 0.15) is 6.10 Å². The molecular formula is C16H16O2S. The van der Waals surface area contributed by atoms with Crippen molar-refractivity contribution < 1.29 is 9.53 Å². The Morgan fingerprint density at radius 2 is 1.79 bits per heavy atom. The van der Waals surface area contributed by atoms with E-state index in [4.69, 9.17) is 4.74 Å². The molecule has 3 rings (SSSR count). The highest BCUT2D eigenvalue weighted by molar-refractivity contribution is 7.99. The molecule has 0 N–H and O–H groups in total. The Balaban J connectivity index is 1.77. The molecule has 0 saturated carbocycles. The number of fused-ring (bicyclic) bond motifs is 1. The molecule has 3 heteroatoms. The fraction of sp³-hybridized carbons (Fsp3) is 0.312. The van der Waals surface area contributed by atoms with E-state index in [0.29, 0.717) is 5.56 Å². The molecule has 0 spiro atoms. The van der Waals surface area contributed by atoms with Gasteiger partial charge in [0, 0.05) is 0 Å². The highest BCUT2D eigenvalue weighted by Gasteiger charge is 2.19. The van der Waals surface area contributed by atoms with Crippen LogP contribution < -0.4 is 0 Å². The Morgan fingerprint density at radius 3 is 2.58 bits per heavy atom. The van der Waals surface area contributed by atoms with Gasteiger partial charge in [0.15, 0.2) is 0 Å². The first-order valence-electron chi connectivity index (χ1n) is 6.60. The highest BCUT2D eigenvalue weighted by atomic mass is 32.2. The van der Waals surface area contributed by atoms with Crippen molar-refractivity contribution in [1.29, 1.82) is 0 Å². The third-order valence-electron chi connectivity index (χ3n) is 3.43. The van der Waals surface area contributed by atoms with Gasteiger partial charge in [-0.05, 0) is 47.3 Å². The predicted octanol–water partition coefficient (Wildman–Crippen LogP) is 3.89. The molecule has 98 valence electrons. The first-order valence-corrected chi connectivity index (χ1v) is 7.76. The van der Waals surface area contributed by atoms with E-state index >= 15 is 0 Å². The van der Waals surface area contributed by atoms with Crippen molar-refractivity contribution in [1.82, 2.24) is 0 Å². The van der Waals surface area contributed by atoms with Gasteiger partial charge in [0.25, 0.3) is 0 Å². The normalized spacial score (nSPS) is 16.4. The van der Waals surface area contributed by atoms with Crippen molar-refractivity contribution in [2.45, 2.75) is 18.9 Å². The van der Waals surface area contributed by atoms with Crippen molar-refractivity contribution in [2.24, 2.45) is 0 Å². The van der Waals surface area contributed by atoms with Gasteiger partial charge in [-0.2, -0.15) is 11.8 Å². The summed E-state index contributed by atoms with van der Waals surface area (Å²) in [6.07, 6.45) is 2.05. The van der Waals surface area contributed by atoms with E-state index in [-0.39, 0.29) is 12.1 Å². The van der Waals surface area contributed by atoms with E-state index in [0.717, 1.165) is 35.1 Å². The molecule has 0 aliphatic carbocycles. The average Bonchev–Trinajstić information content (AvgIpc) is 2.48. The van der Waals surface area contributed by atoms with E-state index in [1.165, 1.54) is 0 Å². The fourth-order valence-electron chi connectivity index (χ4n) is 2.33. The van der Waals surface area contributed by atoms with E-state index in [2.05, 4.69) is 0 Å². The van der Waals surface area contributed by atoms with Crippen LogP contribution in [-0.2, 0) is 4.74 Å². The van der Waals surface area contributed by atoms with Gasteiger partial charge in [-0.1, -0.05) is 30.3 Å². The second kappa shape index (κ2) is 5.66. The molecule has 0 unspecified atom stereocenters. The zero-order chi connectivity index (χ0) is 13.1. The van der Waals surface area contributed by atoms with Crippen LogP contribution in [0.4, 0.5) is 0 Å². The zero-order valence-corrected chi connectivity index (χ0v) is 11.5. The molecular weight excluding hydrogens is 256 g/mol. The monoisotopic (exact) mass is 272 g/mol. The number of hydrogen-bond donors (Lipinski definition) is 0. The van der Waals surface area contributed by atoms with E-state index in [1.54, 1.807) is 0 Å². The number of thioether (sulfide) groups is 1. The van der Waals surface area contributed by atoms with Gasteiger partial charge in [-0.25, -0.2) is 4.79 Å². The summed E-state index contributed by atoms with van der Waals surface area (Å²) in [6.45, 7) is 0. The zero-order valence-electron chi connectivity index (χ0n) is 10.7. The van der Waals surface area contributed by atoms with Crippen LogP contribution in [-0.4, -0.2) is 23.6 Å². The topological polar surface area (TPSA) is 26.3 Å². The molecule has 1 aliphatic heterocycles. The predicted molar refractivity (Wildman–Crippen MR) is 79.7 cm³/mol. The first-order chi connectivity index (χ1) is 9.33. The Bertz CT molecular complexity index is 588. The SMILES string of the molecule is O=C(OC1CCSCC1)c1ccc2ccccc2c1. The van der Waals surface area contributed by atoms with Gasteiger partial charge in [0.05, 0.1) is 5.56 Å². The van der Waals surface area contributed by atoms with Crippen molar-refractivity contribution in [3.63, 3.8) is 0 Å². The van der Waals surface area contributed by atoms with Gasteiger partial charge in [0.2, 0.25) is 0 Å². The fourth-order valence-corrected chi connectivity index (χ4v) is 3.39. The molecule has 0 aromatic heterocycles. The summed E-state index contributed by atoms with van der Waals surface area (Å²) in [5.41, 5.74) is 0.650. The second-order valence-corrected chi connectivity index (χ2v) is 6.00. The van der Waals surface area contributed by atoms with Crippen molar-refractivity contribution in [2.75, 3.05) is 11.5 Å². The van der Waals surface area contributed by atoms with Crippen LogP contribution in [0.25, 0.3) is 10.8 Å². The molecule has 2 nitrogen and oxygen atoms in total. The van der Waals surface area contributed by atoms with Crippen molar-refractivity contribution in [3.05, 3.63) is 48.0 Å². The summed E-state index contributed by atoms with van der Waals surface area (Å²) in [7, 11) is 0. The lowest BCUT2D eigenvalue weighted by atomic mass is 10.1. The van der Waals surface area contributed by atoms with Crippen LogP contribution >= 0.6 is 11.8 Å². The molecule has 1 saturated heterocycles. The Hall–Kier alpha value is -1.48. The Labute approximate surface area is 117 Å². The molecule has 2 aromatic rings. The maximum Gasteiger partial charge on any atom is 0.338 e. The quantitative estimate of drug-likeness (QED) is 0.776. The molecule has 1 heterocycles. The van der Waals surface area contributed by atoms with E-state index < -0.39 is 0 Å². The van der Waals surface area contributed by atoms with Crippen LogP contribution in [0.3, 0.4) is 0 Å². The number of rotatable bonds is 2. The summed E-state index contributed by atoms with van der Waals surface area (Å²) in [5.74, 6) is 1.99. The third kappa shape index (κ3) is 2.92. The summed E-state index contributed by atoms with van der Waals surface area (Å²) < 4.78 is 5.57.